The number of hydrogen-bond donors (Lipinski definition) is 2. The molecule has 2 atom stereocenters. The Morgan fingerprint density at radius 3 is 2.52 bits per heavy atom. The van der Waals surface area contributed by atoms with E-state index in [1.165, 1.54) is 6.20 Å². The first-order valence-electron chi connectivity index (χ1n) is 8.43. The summed E-state index contributed by atoms with van der Waals surface area (Å²) in [5.41, 5.74) is 6.59. The van der Waals surface area contributed by atoms with Gasteiger partial charge in [-0.05, 0) is 50.1 Å². The van der Waals surface area contributed by atoms with E-state index >= 15 is 0 Å². The summed E-state index contributed by atoms with van der Waals surface area (Å²) in [4.78, 5) is 16.6. The fraction of sp³-hybridized carbons (Fsp3) is 0.368. The number of ether oxygens (including phenoxy) is 1. The Hall–Kier alpha value is -1.53. The second-order valence-electron chi connectivity index (χ2n) is 6.73. The summed E-state index contributed by atoms with van der Waals surface area (Å²) >= 11 is 5.80. The van der Waals surface area contributed by atoms with E-state index < -0.39 is 5.54 Å². The Kier molecular flexibility index (Phi) is 8.82. The Morgan fingerprint density at radius 2 is 1.93 bits per heavy atom. The Bertz CT molecular complexity index is 737. The minimum atomic E-state index is -0.439. The average molecular weight is 433 g/mol. The van der Waals surface area contributed by atoms with Gasteiger partial charge in [0.1, 0.15) is 5.75 Å². The minimum Gasteiger partial charge on any atom is -0.439 e. The number of hydrogen-bond acceptors (Lipinski definition) is 4. The van der Waals surface area contributed by atoms with E-state index in [2.05, 4.69) is 10.3 Å². The number of amides is 1. The lowest BCUT2D eigenvalue weighted by atomic mass is 9.74. The van der Waals surface area contributed by atoms with Crippen LogP contribution in [-0.4, -0.2) is 16.4 Å². The SMILES string of the molecule is CC1(N)CCCCC1C(=O)Nc1ccc(Oc2ccc(Cl)cn2)cc1.Cl.Cl. The molecule has 2 aromatic rings. The maximum Gasteiger partial charge on any atom is 0.229 e. The molecule has 0 spiro atoms. The molecule has 1 aromatic carbocycles. The highest BCUT2D eigenvalue weighted by atomic mass is 35.5. The van der Waals surface area contributed by atoms with Gasteiger partial charge in [0.15, 0.2) is 0 Å². The van der Waals surface area contributed by atoms with Crippen molar-refractivity contribution >= 4 is 48.0 Å². The molecule has 1 aliphatic rings. The van der Waals surface area contributed by atoms with Gasteiger partial charge >= 0.3 is 0 Å². The van der Waals surface area contributed by atoms with E-state index in [0.717, 1.165) is 31.4 Å². The van der Waals surface area contributed by atoms with Crippen molar-refractivity contribution < 1.29 is 9.53 Å². The topological polar surface area (TPSA) is 77.2 Å². The van der Waals surface area contributed by atoms with Crippen LogP contribution in [0, 0.1) is 5.92 Å². The van der Waals surface area contributed by atoms with E-state index in [0.29, 0.717) is 16.7 Å². The van der Waals surface area contributed by atoms with Gasteiger partial charge in [0.2, 0.25) is 11.8 Å². The number of nitrogens with one attached hydrogen (secondary N) is 1. The molecule has 0 bridgehead atoms. The van der Waals surface area contributed by atoms with Crippen LogP contribution in [0.3, 0.4) is 0 Å². The number of carbonyl (C=O) groups is 1. The summed E-state index contributed by atoms with van der Waals surface area (Å²) in [5, 5.41) is 3.51. The van der Waals surface area contributed by atoms with Gasteiger partial charge in [0, 0.05) is 23.5 Å². The van der Waals surface area contributed by atoms with Gasteiger partial charge < -0.3 is 15.8 Å². The predicted molar refractivity (Wildman–Crippen MR) is 113 cm³/mol. The van der Waals surface area contributed by atoms with Crippen molar-refractivity contribution in [1.29, 1.82) is 0 Å². The van der Waals surface area contributed by atoms with E-state index in [-0.39, 0.29) is 36.6 Å². The van der Waals surface area contributed by atoms with Crippen molar-refractivity contribution in [1.82, 2.24) is 4.98 Å². The quantitative estimate of drug-likeness (QED) is 0.694. The van der Waals surface area contributed by atoms with Gasteiger partial charge in [-0.3, -0.25) is 4.79 Å². The first kappa shape index (κ1) is 23.5. The molecule has 1 heterocycles. The molecule has 1 amide bonds. The third-order valence-electron chi connectivity index (χ3n) is 4.62. The van der Waals surface area contributed by atoms with Gasteiger partial charge in [-0.25, -0.2) is 4.98 Å². The lowest BCUT2D eigenvalue weighted by molar-refractivity contribution is -0.122. The average Bonchev–Trinajstić information content (AvgIpc) is 2.58. The van der Waals surface area contributed by atoms with Crippen molar-refractivity contribution in [2.24, 2.45) is 11.7 Å². The van der Waals surface area contributed by atoms with Crippen molar-refractivity contribution in [3.63, 3.8) is 0 Å². The van der Waals surface area contributed by atoms with Crippen LogP contribution < -0.4 is 15.8 Å². The second-order valence-corrected chi connectivity index (χ2v) is 7.17. The zero-order valence-corrected chi connectivity index (χ0v) is 17.4. The summed E-state index contributed by atoms with van der Waals surface area (Å²) in [6.07, 6.45) is 5.38. The Morgan fingerprint density at radius 1 is 1.22 bits per heavy atom. The number of nitrogens with zero attached hydrogens (tertiary/aromatic N) is 1. The molecule has 1 saturated carbocycles. The van der Waals surface area contributed by atoms with Gasteiger partial charge in [-0.1, -0.05) is 24.4 Å². The number of halogens is 3. The van der Waals surface area contributed by atoms with Crippen molar-refractivity contribution in [3.05, 3.63) is 47.6 Å². The fourth-order valence-electron chi connectivity index (χ4n) is 3.17. The number of aromatic nitrogens is 1. The normalized spacial score (nSPS) is 21.4. The van der Waals surface area contributed by atoms with Crippen LogP contribution in [0.25, 0.3) is 0 Å². The van der Waals surface area contributed by atoms with Crippen molar-refractivity contribution in [2.45, 2.75) is 38.1 Å². The third kappa shape index (κ3) is 6.25. The predicted octanol–water partition coefficient (Wildman–Crippen LogP) is 5.22. The van der Waals surface area contributed by atoms with Crippen LogP contribution in [-0.2, 0) is 4.79 Å². The highest BCUT2D eigenvalue weighted by Gasteiger charge is 2.37. The highest BCUT2D eigenvalue weighted by molar-refractivity contribution is 6.30. The molecule has 148 valence electrons. The van der Waals surface area contributed by atoms with E-state index in [4.69, 9.17) is 22.1 Å². The molecule has 1 aliphatic carbocycles. The number of nitrogens with two attached hydrogens (primary N) is 1. The third-order valence-corrected chi connectivity index (χ3v) is 4.84. The zero-order chi connectivity index (χ0) is 17.9. The Labute approximate surface area is 176 Å². The van der Waals surface area contributed by atoms with Crippen LogP contribution in [0.1, 0.15) is 32.6 Å². The van der Waals surface area contributed by atoms with Crippen LogP contribution in [0.5, 0.6) is 11.6 Å². The summed E-state index contributed by atoms with van der Waals surface area (Å²) in [6, 6.07) is 10.6. The molecule has 0 saturated heterocycles. The van der Waals surface area contributed by atoms with Crippen molar-refractivity contribution in [3.8, 4) is 11.6 Å². The molecule has 3 rings (SSSR count). The molecular formula is C19H24Cl3N3O2. The monoisotopic (exact) mass is 431 g/mol. The molecular weight excluding hydrogens is 409 g/mol. The Balaban J connectivity index is 0.00000182. The number of carbonyl (C=O) groups excluding carboxylic acids is 1. The summed E-state index contributed by atoms with van der Waals surface area (Å²) in [7, 11) is 0. The maximum atomic E-state index is 12.5. The van der Waals surface area contributed by atoms with Gasteiger partial charge in [0.05, 0.1) is 10.9 Å². The van der Waals surface area contributed by atoms with E-state index in [1.54, 1.807) is 36.4 Å². The van der Waals surface area contributed by atoms with Gasteiger partial charge in [-0.2, -0.15) is 0 Å². The first-order chi connectivity index (χ1) is 11.9. The summed E-state index contributed by atoms with van der Waals surface area (Å²) in [6.45, 7) is 1.96. The molecule has 2 unspecified atom stereocenters. The molecule has 3 N–H and O–H groups in total. The summed E-state index contributed by atoms with van der Waals surface area (Å²) in [5.74, 6) is 0.921. The lowest BCUT2D eigenvalue weighted by Crippen LogP contribution is -2.51. The van der Waals surface area contributed by atoms with Crippen LogP contribution >= 0.6 is 36.4 Å². The van der Waals surface area contributed by atoms with Crippen LogP contribution in [0.4, 0.5) is 5.69 Å². The number of anilines is 1. The fourth-order valence-corrected chi connectivity index (χ4v) is 3.28. The number of pyridine rings is 1. The molecule has 0 radical (unpaired) electrons. The molecule has 0 aliphatic heterocycles. The minimum absolute atomic E-state index is 0. The zero-order valence-electron chi connectivity index (χ0n) is 15.0. The second kappa shape index (κ2) is 10.1. The smallest absolute Gasteiger partial charge is 0.229 e. The summed E-state index contributed by atoms with van der Waals surface area (Å²) < 4.78 is 5.64. The van der Waals surface area contributed by atoms with Crippen molar-refractivity contribution in [2.75, 3.05) is 5.32 Å². The maximum absolute atomic E-state index is 12.5. The van der Waals surface area contributed by atoms with Crippen LogP contribution in [0.15, 0.2) is 42.6 Å². The molecule has 8 heteroatoms. The lowest BCUT2D eigenvalue weighted by Gasteiger charge is -2.37. The molecule has 27 heavy (non-hydrogen) atoms. The van der Waals surface area contributed by atoms with E-state index in [1.807, 2.05) is 6.92 Å². The largest absolute Gasteiger partial charge is 0.439 e. The number of rotatable bonds is 4. The van der Waals surface area contributed by atoms with Gasteiger partial charge in [0.25, 0.3) is 0 Å². The molecule has 1 fully saturated rings. The standard InChI is InChI=1S/C19H22ClN3O2.2ClH/c1-19(21)11-3-2-4-16(19)18(24)23-14-6-8-15(9-7-14)25-17-10-5-13(20)12-22-17;;/h5-10,12,16H,2-4,11,21H2,1H3,(H,23,24);2*1H. The molecule has 5 nitrogen and oxygen atoms in total. The van der Waals surface area contributed by atoms with E-state index in [9.17, 15) is 4.79 Å². The molecule has 1 aromatic heterocycles. The highest BCUT2D eigenvalue weighted by Crippen LogP contribution is 2.32. The number of benzene rings is 1. The van der Waals surface area contributed by atoms with Gasteiger partial charge in [-0.15, -0.1) is 24.8 Å². The van der Waals surface area contributed by atoms with Crippen LogP contribution in [0.2, 0.25) is 5.02 Å². The first-order valence-corrected chi connectivity index (χ1v) is 8.81.